The Labute approximate surface area is 144 Å². The van der Waals surface area contributed by atoms with Gasteiger partial charge in [-0.25, -0.2) is 8.42 Å². The number of aryl methyl sites for hydroxylation is 1. The summed E-state index contributed by atoms with van der Waals surface area (Å²) in [7, 11) is -3.94. The first-order chi connectivity index (χ1) is 11.4. The van der Waals surface area contributed by atoms with Crippen molar-refractivity contribution in [3.05, 3.63) is 23.2 Å². The van der Waals surface area contributed by atoms with Gasteiger partial charge in [0.2, 0.25) is 11.0 Å². The van der Waals surface area contributed by atoms with Crippen LogP contribution >= 0.6 is 11.3 Å². The zero-order chi connectivity index (χ0) is 17.7. The van der Waals surface area contributed by atoms with Crippen molar-refractivity contribution in [1.29, 1.82) is 0 Å². The minimum absolute atomic E-state index is 0.0798. The van der Waals surface area contributed by atoms with Gasteiger partial charge in [0, 0.05) is 12.6 Å². The Hall–Kier alpha value is -2.20. The first-order valence-electron chi connectivity index (χ1n) is 7.25. The van der Waals surface area contributed by atoms with Gasteiger partial charge in [-0.1, -0.05) is 18.3 Å². The van der Waals surface area contributed by atoms with E-state index in [1.54, 1.807) is 13.0 Å². The van der Waals surface area contributed by atoms with Crippen LogP contribution in [0.1, 0.15) is 25.8 Å². The SMILES string of the molecule is CCOc1ccc(NC(C)=O)cc1S(=O)(=O)Nc1nnc(CC)s1. The molecule has 0 spiro atoms. The third kappa shape index (κ3) is 4.42. The van der Waals surface area contributed by atoms with Crippen LogP contribution in [0.4, 0.5) is 10.8 Å². The van der Waals surface area contributed by atoms with Crippen molar-refractivity contribution in [1.82, 2.24) is 10.2 Å². The molecule has 0 radical (unpaired) electrons. The van der Waals surface area contributed by atoms with Crippen molar-refractivity contribution in [2.24, 2.45) is 0 Å². The number of aromatic nitrogens is 2. The lowest BCUT2D eigenvalue weighted by Gasteiger charge is -2.13. The van der Waals surface area contributed by atoms with Crippen LogP contribution in [0, 0.1) is 0 Å². The van der Waals surface area contributed by atoms with E-state index in [0.29, 0.717) is 18.7 Å². The van der Waals surface area contributed by atoms with E-state index in [0.717, 1.165) is 5.01 Å². The number of carbonyl (C=O) groups excluding carboxylic acids is 1. The molecule has 0 saturated carbocycles. The summed E-state index contributed by atoms with van der Waals surface area (Å²) in [6.07, 6.45) is 0.668. The fourth-order valence-corrected chi connectivity index (χ4v) is 3.96. The van der Waals surface area contributed by atoms with Crippen LogP contribution in [0.3, 0.4) is 0 Å². The van der Waals surface area contributed by atoms with Gasteiger partial charge in [0.05, 0.1) is 6.61 Å². The van der Waals surface area contributed by atoms with E-state index in [-0.39, 0.29) is 21.7 Å². The Balaban J connectivity index is 2.39. The molecule has 0 atom stereocenters. The Bertz CT molecular complexity index is 833. The van der Waals surface area contributed by atoms with E-state index in [9.17, 15) is 13.2 Å². The lowest BCUT2D eigenvalue weighted by Crippen LogP contribution is -2.15. The van der Waals surface area contributed by atoms with Crippen LogP contribution in [-0.4, -0.2) is 31.1 Å². The molecule has 0 unspecified atom stereocenters. The minimum Gasteiger partial charge on any atom is -0.492 e. The van der Waals surface area contributed by atoms with Gasteiger partial charge >= 0.3 is 0 Å². The number of anilines is 2. The Morgan fingerprint density at radius 2 is 2.04 bits per heavy atom. The summed E-state index contributed by atoms with van der Waals surface area (Å²) in [5.74, 6) is -0.105. The van der Waals surface area contributed by atoms with Gasteiger partial charge in [0.25, 0.3) is 10.0 Å². The second kappa shape index (κ2) is 7.58. The average Bonchev–Trinajstić information content (AvgIpc) is 2.95. The van der Waals surface area contributed by atoms with Crippen molar-refractivity contribution in [3.63, 3.8) is 0 Å². The lowest BCUT2D eigenvalue weighted by atomic mass is 10.3. The summed E-state index contributed by atoms with van der Waals surface area (Å²) >= 11 is 1.17. The highest BCUT2D eigenvalue weighted by Gasteiger charge is 2.22. The Morgan fingerprint density at radius 3 is 2.62 bits per heavy atom. The number of carbonyl (C=O) groups is 1. The van der Waals surface area contributed by atoms with E-state index in [1.165, 1.54) is 30.4 Å². The van der Waals surface area contributed by atoms with E-state index in [4.69, 9.17) is 4.74 Å². The van der Waals surface area contributed by atoms with Gasteiger partial charge in [-0.2, -0.15) is 0 Å². The topological polar surface area (TPSA) is 110 Å². The molecule has 0 saturated heterocycles. The fourth-order valence-electron chi connectivity index (χ4n) is 1.88. The standard InChI is InChI=1S/C14H18N4O4S2/c1-4-13-16-17-14(23-13)18-24(20,21)12-8-10(15-9(3)19)6-7-11(12)22-5-2/h6-8H,4-5H2,1-3H3,(H,15,19)(H,17,18). The minimum atomic E-state index is -3.94. The first-order valence-corrected chi connectivity index (χ1v) is 9.55. The van der Waals surface area contributed by atoms with Crippen molar-refractivity contribution < 1.29 is 17.9 Å². The molecule has 0 fully saturated rings. The first kappa shape index (κ1) is 18.1. The smallest absolute Gasteiger partial charge is 0.267 e. The molecular formula is C14H18N4O4S2. The van der Waals surface area contributed by atoms with Crippen LogP contribution in [0.25, 0.3) is 0 Å². The molecule has 130 valence electrons. The van der Waals surface area contributed by atoms with Crippen molar-refractivity contribution in [2.75, 3.05) is 16.6 Å². The zero-order valence-electron chi connectivity index (χ0n) is 13.5. The Morgan fingerprint density at radius 1 is 1.29 bits per heavy atom. The molecule has 0 aliphatic rings. The summed E-state index contributed by atoms with van der Waals surface area (Å²) in [6, 6.07) is 4.42. The van der Waals surface area contributed by atoms with E-state index < -0.39 is 10.0 Å². The summed E-state index contributed by atoms with van der Waals surface area (Å²) in [5, 5.41) is 11.2. The molecular weight excluding hydrogens is 352 g/mol. The summed E-state index contributed by atoms with van der Waals surface area (Å²) in [6.45, 7) is 5.31. The van der Waals surface area contributed by atoms with Crippen LogP contribution in [0.15, 0.2) is 23.1 Å². The number of rotatable bonds is 7. The summed E-state index contributed by atoms with van der Waals surface area (Å²) < 4.78 is 33.1. The normalized spacial score (nSPS) is 11.1. The molecule has 0 aliphatic heterocycles. The van der Waals surface area contributed by atoms with Crippen LogP contribution < -0.4 is 14.8 Å². The third-order valence-corrected chi connectivity index (χ3v) is 5.32. The predicted molar refractivity (Wildman–Crippen MR) is 92.0 cm³/mol. The number of ether oxygens (including phenoxy) is 1. The molecule has 1 aromatic carbocycles. The quantitative estimate of drug-likeness (QED) is 0.773. The largest absolute Gasteiger partial charge is 0.492 e. The highest BCUT2D eigenvalue weighted by Crippen LogP contribution is 2.30. The third-order valence-electron chi connectivity index (χ3n) is 2.84. The predicted octanol–water partition coefficient (Wildman–Crippen LogP) is 2.26. The molecule has 1 aromatic heterocycles. The van der Waals surface area contributed by atoms with Gasteiger partial charge in [-0.05, 0) is 31.5 Å². The highest BCUT2D eigenvalue weighted by atomic mass is 32.2. The maximum atomic E-state index is 12.7. The van der Waals surface area contributed by atoms with Gasteiger partial charge in [0.1, 0.15) is 15.7 Å². The molecule has 2 rings (SSSR count). The number of hydrogen-bond acceptors (Lipinski definition) is 7. The monoisotopic (exact) mass is 370 g/mol. The molecule has 0 aliphatic carbocycles. The molecule has 8 nitrogen and oxygen atoms in total. The summed E-state index contributed by atoms with van der Waals surface area (Å²) in [4.78, 5) is 11.1. The Kier molecular flexibility index (Phi) is 5.73. The van der Waals surface area contributed by atoms with Gasteiger partial charge in [-0.15, -0.1) is 10.2 Å². The fraction of sp³-hybridized carbons (Fsp3) is 0.357. The molecule has 0 bridgehead atoms. The number of hydrogen-bond donors (Lipinski definition) is 2. The second-order valence-electron chi connectivity index (χ2n) is 4.74. The number of sulfonamides is 1. The highest BCUT2D eigenvalue weighted by molar-refractivity contribution is 7.93. The van der Waals surface area contributed by atoms with Gasteiger partial charge in [0.15, 0.2) is 0 Å². The van der Waals surface area contributed by atoms with Gasteiger partial charge in [-0.3, -0.25) is 9.52 Å². The number of nitrogens with zero attached hydrogens (tertiary/aromatic N) is 2. The molecule has 24 heavy (non-hydrogen) atoms. The van der Waals surface area contributed by atoms with E-state index >= 15 is 0 Å². The molecule has 1 heterocycles. The number of amides is 1. The maximum absolute atomic E-state index is 12.7. The summed E-state index contributed by atoms with van der Waals surface area (Å²) in [5.41, 5.74) is 0.359. The van der Waals surface area contributed by atoms with Crippen molar-refractivity contribution >= 4 is 38.1 Å². The van der Waals surface area contributed by atoms with Crippen LogP contribution in [-0.2, 0) is 21.2 Å². The van der Waals surface area contributed by atoms with Crippen LogP contribution in [0.5, 0.6) is 5.75 Å². The van der Waals surface area contributed by atoms with Gasteiger partial charge < -0.3 is 10.1 Å². The maximum Gasteiger partial charge on any atom is 0.267 e. The lowest BCUT2D eigenvalue weighted by molar-refractivity contribution is -0.114. The zero-order valence-corrected chi connectivity index (χ0v) is 15.1. The molecule has 10 heteroatoms. The number of benzene rings is 1. The van der Waals surface area contributed by atoms with Crippen molar-refractivity contribution in [2.45, 2.75) is 32.1 Å². The number of nitrogens with one attached hydrogen (secondary N) is 2. The molecule has 2 N–H and O–H groups in total. The second-order valence-corrected chi connectivity index (χ2v) is 7.45. The average molecular weight is 370 g/mol. The van der Waals surface area contributed by atoms with Crippen molar-refractivity contribution in [3.8, 4) is 5.75 Å². The van der Waals surface area contributed by atoms with E-state index in [1.807, 2.05) is 6.92 Å². The van der Waals surface area contributed by atoms with E-state index in [2.05, 4.69) is 20.2 Å². The molecule has 2 aromatic rings. The van der Waals surface area contributed by atoms with Crippen LogP contribution in [0.2, 0.25) is 0 Å². The molecule has 1 amide bonds.